The third-order valence-corrected chi connectivity index (χ3v) is 6.15. The van der Waals surface area contributed by atoms with E-state index in [2.05, 4.69) is 32.5 Å². The van der Waals surface area contributed by atoms with E-state index in [1.807, 2.05) is 13.0 Å². The highest BCUT2D eigenvalue weighted by molar-refractivity contribution is 6.31. The Balaban J connectivity index is 1.50. The van der Waals surface area contributed by atoms with Crippen molar-refractivity contribution in [1.29, 1.82) is 0 Å². The summed E-state index contributed by atoms with van der Waals surface area (Å²) in [4.78, 5) is 28.2. The largest absolute Gasteiger partial charge is 0.481 e. The standard InChI is InChI=1S/C25H24ClN5O4/c1-15-17(10-11-25(12-13-25)14-21(32)33)8-9-20(27-15)22-23(31(3)30-29-22)28-24(34)35-16(2)18-6-4-5-7-19(18)26/h4-9,16H,12-14H2,1-3H3,(H,28,34)(H,32,33)/t16-/m1/s1. The monoisotopic (exact) mass is 493 g/mol. The normalized spacial score (nSPS) is 14.4. The van der Waals surface area contributed by atoms with Gasteiger partial charge in [0.05, 0.1) is 17.8 Å². The number of aliphatic carboxylic acids is 1. The molecule has 1 atom stereocenters. The first-order chi connectivity index (χ1) is 16.7. The van der Waals surface area contributed by atoms with Crippen LogP contribution in [0, 0.1) is 24.2 Å². The topological polar surface area (TPSA) is 119 Å². The van der Waals surface area contributed by atoms with Crippen LogP contribution in [0.4, 0.5) is 10.6 Å². The lowest BCUT2D eigenvalue weighted by Gasteiger charge is -2.15. The summed E-state index contributed by atoms with van der Waals surface area (Å²) in [5.74, 6) is 5.67. The average molecular weight is 494 g/mol. The molecule has 3 aromatic rings. The maximum atomic E-state index is 12.6. The molecule has 4 rings (SSSR count). The minimum absolute atomic E-state index is 0.0460. The number of ether oxygens (including phenoxy) is 1. The maximum Gasteiger partial charge on any atom is 0.413 e. The number of carbonyl (C=O) groups excluding carboxylic acids is 1. The van der Waals surface area contributed by atoms with Gasteiger partial charge < -0.3 is 9.84 Å². The van der Waals surface area contributed by atoms with Crippen LogP contribution in [-0.2, 0) is 16.6 Å². The summed E-state index contributed by atoms with van der Waals surface area (Å²) in [7, 11) is 1.65. The molecule has 0 aliphatic heterocycles. The molecule has 35 heavy (non-hydrogen) atoms. The molecule has 1 amide bonds. The van der Waals surface area contributed by atoms with Crippen molar-refractivity contribution in [1.82, 2.24) is 20.0 Å². The molecule has 1 aliphatic carbocycles. The second kappa shape index (κ2) is 9.76. The van der Waals surface area contributed by atoms with Crippen LogP contribution in [0.5, 0.6) is 0 Å². The molecule has 2 aromatic heterocycles. The van der Waals surface area contributed by atoms with Crippen LogP contribution in [0.1, 0.15) is 49.1 Å². The highest BCUT2D eigenvalue weighted by Crippen LogP contribution is 2.48. The first-order valence-electron chi connectivity index (χ1n) is 11.0. The molecule has 1 aromatic carbocycles. The Kier molecular flexibility index (Phi) is 6.76. The van der Waals surface area contributed by atoms with E-state index in [4.69, 9.17) is 21.4 Å². The fraction of sp³-hybridized carbons (Fsp3) is 0.320. The van der Waals surface area contributed by atoms with Gasteiger partial charge in [-0.25, -0.2) is 14.5 Å². The number of aromatic nitrogens is 4. The van der Waals surface area contributed by atoms with Crippen molar-refractivity contribution in [3.63, 3.8) is 0 Å². The minimum atomic E-state index is -0.843. The summed E-state index contributed by atoms with van der Waals surface area (Å²) in [6, 6.07) is 10.7. The van der Waals surface area contributed by atoms with Crippen LogP contribution in [0.2, 0.25) is 5.02 Å². The van der Waals surface area contributed by atoms with Crippen LogP contribution in [0.25, 0.3) is 11.4 Å². The van der Waals surface area contributed by atoms with Crippen LogP contribution in [0.15, 0.2) is 36.4 Å². The summed E-state index contributed by atoms with van der Waals surface area (Å²) in [6.45, 7) is 3.55. The van der Waals surface area contributed by atoms with Crippen molar-refractivity contribution < 1.29 is 19.4 Å². The van der Waals surface area contributed by atoms with E-state index in [-0.39, 0.29) is 6.42 Å². The number of pyridine rings is 1. The Hall–Kier alpha value is -3.90. The predicted octanol–water partition coefficient (Wildman–Crippen LogP) is 4.76. The Morgan fingerprint density at radius 1 is 1.29 bits per heavy atom. The van der Waals surface area contributed by atoms with Crippen molar-refractivity contribution in [3.05, 3.63) is 58.2 Å². The first kappa shape index (κ1) is 24.2. The second-order valence-electron chi connectivity index (χ2n) is 8.53. The number of carboxylic acid groups (broad SMARTS) is 1. The average Bonchev–Trinajstić information content (AvgIpc) is 3.46. The number of aryl methyl sites for hydroxylation is 2. The van der Waals surface area contributed by atoms with Gasteiger partial charge >= 0.3 is 12.1 Å². The van der Waals surface area contributed by atoms with Gasteiger partial charge in [-0.05, 0) is 44.9 Å². The zero-order valence-electron chi connectivity index (χ0n) is 19.5. The second-order valence-corrected chi connectivity index (χ2v) is 8.94. The van der Waals surface area contributed by atoms with Crippen LogP contribution >= 0.6 is 11.6 Å². The summed E-state index contributed by atoms with van der Waals surface area (Å²) < 4.78 is 6.91. The molecule has 0 unspecified atom stereocenters. The van der Waals surface area contributed by atoms with Gasteiger partial charge in [0.2, 0.25) is 0 Å². The number of nitrogens with zero attached hydrogens (tertiary/aromatic N) is 4. The van der Waals surface area contributed by atoms with E-state index in [1.54, 1.807) is 44.3 Å². The maximum absolute atomic E-state index is 12.6. The van der Waals surface area contributed by atoms with E-state index in [1.165, 1.54) is 4.68 Å². The molecule has 180 valence electrons. The third kappa shape index (κ3) is 5.61. The van der Waals surface area contributed by atoms with Crippen LogP contribution in [-0.4, -0.2) is 37.1 Å². The Bertz CT molecular complexity index is 1350. The van der Waals surface area contributed by atoms with Crippen molar-refractivity contribution in [2.45, 2.75) is 39.2 Å². The number of carbonyl (C=O) groups is 2. The van der Waals surface area contributed by atoms with Gasteiger partial charge in [-0.1, -0.05) is 46.9 Å². The summed E-state index contributed by atoms with van der Waals surface area (Å²) in [5.41, 5.74) is 2.51. The fourth-order valence-electron chi connectivity index (χ4n) is 3.64. The van der Waals surface area contributed by atoms with Crippen molar-refractivity contribution >= 4 is 29.5 Å². The number of nitrogens with one attached hydrogen (secondary N) is 1. The van der Waals surface area contributed by atoms with Gasteiger partial charge in [0.1, 0.15) is 6.10 Å². The van der Waals surface area contributed by atoms with Gasteiger partial charge in [0.15, 0.2) is 11.5 Å². The van der Waals surface area contributed by atoms with Gasteiger partial charge in [-0.15, -0.1) is 5.10 Å². The zero-order chi connectivity index (χ0) is 25.2. The highest BCUT2D eigenvalue weighted by Gasteiger charge is 2.43. The lowest BCUT2D eigenvalue weighted by Crippen LogP contribution is -2.18. The fourth-order valence-corrected chi connectivity index (χ4v) is 3.93. The molecule has 2 heterocycles. The minimum Gasteiger partial charge on any atom is -0.481 e. The van der Waals surface area contributed by atoms with Crippen molar-refractivity contribution in [2.24, 2.45) is 12.5 Å². The zero-order valence-corrected chi connectivity index (χ0v) is 20.3. The van der Waals surface area contributed by atoms with Crippen LogP contribution in [0.3, 0.4) is 0 Å². The van der Waals surface area contributed by atoms with Gasteiger partial charge in [0, 0.05) is 28.6 Å². The quantitative estimate of drug-likeness (QED) is 0.475. The lowest BCUT2D eigenvalue weighted by atomic mass is 10.0. The summed E-state index contributed by atoms with van der Waals surface area (Å²) in [6.07, 6.45) is 0.372. The lowest BCUT2D eigenvalue weighted by molar-refractivity contribution is -0.137. The van der Waals surface area contributed by atoms with Gasteiger partial charge in [-0.3, -0.25) is 10.1 Å². The molecule has 0 saturated heterocycles. The van der Waals surface area contributed by atoms with E-state index in [0.29, 0.717) is 39.0 Å². The van der Waals surface area contributed by atoms with E-state index in [9.17, 15) is 9.59 Å². The molecule has 2 N–H and O–H groups in total. The highest BCUT2D eigenvalue weighted by atomic mass is 35.5. The number of benzene rings is 1. The molecule has 9 nitrogen and oxygen atoms in total. The van der Waals surface area contributed by atoms with Crippen molar-refractivity contribution in [3.8, 4) is 23.2 Å². The molecule has 1 saturated carbocycles. The number of halogens is 1. The molecule has 1 fully saturated rings. The Labute approximate surface area is 207 Å². The molecule has 0 spiro atoms. The SMILES string of the molecule is Cc1nc(-c2nnn(C)c2NC(=O)O[C@H](C)c2ccccc2Cl)ccc1C#CC1(CC(=O)O)CC1. The Morgan fingerprint density at radius 3 is 2.69 bits per heavy atom. The molecule has 0 bridgehead atoms. The van der Waals surface area contributed by atoms with Crippen molar-refractivity contribution in [2.75, 3.05) is 5.32 Å². The van der Waals surface area contributed by atoms with E-state index in [0.717, 1.165) is 12.8 Å². The number of rotatable bonds is 6. The number of carboxylic acids is 1. The summed E-state index contributed by atoms with van der Waals surface area (Å²) >= 11 is 6.20. The molecular formula is C25H24ClN5O4. The van der Waals surface area contributed by atoms with Crippen LogP contribution < -0.4 is 5.32 Å². The summed E-state index contributed by atoms with van der Waals surface area (Å²) in [5, 5.41) is 20.4. The molecule has 0 radical (unpaired) electrons. The third-order valence-electron chi connectivity index (χ3n) is 5.81. The predicted molar refractivity (Wildman–Crippen MR) is 130 cm³/mol. The molecule has 1 aliphatic rings. The first-order valence-corrected chi connectivity index (χ1v) is 11.4. The smallest absolute Gasteiger partial charge is 0.413 e. The molecular weight excluding hydrogens is 470 g/mol. The van der Waals surface area contributed by atoms with E-state index < -0.39 is 23.6 Å². The van der Waals surface area contributed by atoms with Gasteiger partial charge in [0.25, 0.3) is 0 Å². The number of hydrogen-bond donors (Lipinski definition) is 2. The van der Waals surface area contributed by atoms with E-state index >= 15 is 0 Å². The number of anilines is 1. The molecule has 10 heteroatoms. The Morgan fingerprint density at radius 2 is 2.03 bits per heavy atom. The number of hydrogen-bond acceptors (Lipinski definition) is 6. The van der Waals surface area contributed by atoms with Gasteiger partial charge in [-0.2, -0.15) is 0 Å². The number of amides is 1.